The van der Waals surface area contributed by atoms with E-state index in [4.69, 9.17) is 0 Å². The van der Waals surface area contributed by atoms with Crippen LogP contribution in [-0.4, -0.2) is 41.4 Å². The summed E-state index contributed by atoms with van der Waals surface area (Å²) in [6.45, 7) is 13.2. The van der Waals surface area contributed by atoms with Crippen LogP contribution in [0.25, 0.3) is 0 Å². The van der Waals surface area contributed by atoms with Gasteiger partial charge in [-0.15, -0.1) is 5.10 Å². The largest absolute Gasteiger partial charge is 0.340 e. The zero-order chi connectivity index (χ0) is 14.5. The van der Waals surface area contributed by atoms with Gasteiger partial charge in [-0.3, -0.25) is 5.10 Å². The Bertz CT molecular complexity index is 393. The van der Waals surface area contributed by atoms with E-state index in [9.17, 15) is 0 Å². The molecule has 1 aromatic rings. The van der Waals surface area contributed by atoms with Crippen molar-refractivity contribution in [2.24, 2.45) is 11.8 Å². The Morgan fingerprint density at radius 2 is 2.00 bits per heavy atom. The first kappa shape index (κ1) is 15.3. The van der Waals surface area contributed by atoms with Crippen molar-refractivity contribution in [3.05, 3.63) is 5.82 Å². The Morgan fingerprint density at radius 3 is 2.60 bits per heavy atom. The Balaban J connectivity index is 1.88. The second-order valence-corrected chi connectivity index (χ2v) is 6.29. The highest BCUT2D eigenvalue weighted by molar-refractivity contribution is 5.29. The molecule has 1 aliphatic rings. The molecule has 1 aliphatic heterocycles. The summed E-state index contributed by atoms with van der Waals surface area (Å²) in [5.74, 6) is 3.72. The van der Waals surface area contributed by atoms with E-state index in [0.29, 0.717) is 11.8 Å². The Morgan fingerprint density at radius 1 is 1.30 bits per heavy atom. The normalized spacial score (nSPS) is 18.8. The molecule has 2 rings (SSSR count). The first-order chi connectivity index (χ1) is 9.61. The van der Waals surface area contributed by atoms with Gasteiger partial charge in [-0.1, -0.05) is 27.7 Å². The molecule has 0 saturated carbocycles. The van der Waals surface area contributed by atoms with Crippen molar-refractivity contribution in [1.29, 1.82) is 0 Å². The molecular formula is C15H29N5. The van der Waals surface area contributed by atoms with E-state index in [1.165, 1.54) is 12.8 Å². The molecule has 1 aromatic heterocycles. The van der Waals surface area contributed by atoms with Gasteiger partial charge in [-0.2, -0.15) is 4.98 Å². The first-order valence-electron chi connectivity index (χ1n) is 7.99. The summed E-state index contributed by atoms with van der Waals surface area (Å²) in [5, 5.41) is 11.0. The van der Waals surface area contributed by atoms with E-state index >= 15 is 0 Å². The number of anilines is 1. The highest BCUT2D eigenvalue weighted by atomic mass is 15.4. The highest BCUT2D eigenvalue weighted by Crippen LogP contribution is 2.24. The minimum absolute atomic E-state index is 0.433. The van der Waals surface area contributed by atoms with Crippen LogP contribution in [0.1, 0.15) is 52.3 Å². The van der Waals surface area contributed by atoms with E-state index in [1.807, 2.05) is 0 Å². The summed E-state index contributed by atoms with van der Waals surface area (Å²) in [5.41, 5.74) is 0. The molecule has 114 valence electrons. The summed E-state index contributed by atoms with van der Waals surface area (Å²) in [6, 6.07) is 0. The van der Waals surface area contributed by atoms with Gasteiger partial charge in [0.05, 0.1) is 0 Å². The van der Waals surface area contributed by atoms with Crippen molar-refractivity contribution in [2.45, 2.75) is 46.5 Å². The van der Waals surface area contributed by atoms with Gasteiger partial charge in [0.2, 0.25) is 5.95 Å². The molecule has 0 bridgehead atoms. The fourth-order valence-corrected chi connectivity index (χ4v) is 2.61. The molecule has 2 heterocycles. The van der Waals surface area contributed by atoms with Gasteiger partial charge in [-0.05, 0) is 37.8 Å². The van der Waals surface area contributed by atoms with Crippen molar-refractivity contribution in [3.63, 3.8) is 0 Å². The number of nitrogens with zero attached hydrogens (tertiary/aromatic N) is 3. The standard InChI is InChI=1S/C15H29N5/c1-5-16-10-13-6-8-20(9-7-13)15-17-14(18-19-15)12(4)11(2)3/h11-13,16H,5-10H2,1-4H3,(H,17,18,19). The quantitative estimate of drug-likeness (QED) is 0.839. The van der Waals surface area contributed by atoms with Gasteiger partial charge >= 0.3 is 0 Å². The molecule has 5 heteroatoms. The molecule has 5 nitrogen and oxygen atoms in total. The number of aromatic nitrogens is 3. The average molecular weight is 279 g/mol. The summed E-state index contributed by atoms with van der Waals surface area (Å²) < 4.78 is 0. The summed E-state index contributed by atoms with van der Waals surface area (Å²) in [4.78, 5) is 7.00. The number of nitrogens with one attached hydrogen (secondary N) is 2. The van der Waals surface area contributed by atoms with Crippen LogP contribution in [0.5, 0.6) is 0 Å². The fourth-order valence-electron chi connectivity index (χ4n) is 2.61. The molecule has 2 N–H and O–H groups in total. The molecule has 1 unspecified atom stereocenters. The van der Waals surface area contributed by atoms with Crippen LogP contribution in [0.4, 0.5) is 5.95 Å². The lowest BCUT2D eigenvalue weighted by Gasteiger charge is -2.31. The van der Waals surface area contributed by atoms with Crippen LogP contribution in [0.2, 0.25) is 0 Å². The van der Waals surface area contributed by atoms with Crippen LogP contribution in [0.3, 0.4) is 0 Å². The van der Waals surface area contributed by atoms with E-state index in [2.05, 4.69) is 53.1 Å². The van der Waals surface area contributed by atoms with Crippen molar-refractivity contribution in [2.75, 3.05) is 31.1 Å². The van der Waals surface area contributed by atoms with Crippen molar-refractivity contribution in [3.8, 4) is 0 Å². The second-order valence-electron chi connectivity index (χ2n) is 6.29. The third-order valence-electron chi connectivity index (χ3n) is 4.50. The number of hydrogen-bond donors (Lipinski definition) is 2. The number of aromatic amines is 1. The lowest BCUT2D eigenvalue weighted by Crippen LogP contribution is -2.37. The van der Waals surface area contributed by atoms with Gasteiger partial charge in [-0.25, -0.2) is 0 Å². The third kappa shape index (κ3) is 3.72. The topological polar surface area (TPSA) is 56.8 Å². The molecular weight excluding hydrogens is 250 g/mol. The Hall–Kier alpha value is -1.10. The minimum atomic E-state index is 0.433. The number of H-pyrrole nitrogens is 1. The van der Waals surface area contributed by atoms with Crippen molar-refractivity contribution < 1.29 is 0 Å². The lowest BCUT2D eigenvalue weighted by atomic mass is 9.97. The van der Waals surface area contributed by atoms with Crippen LogP contribution in [-0.2, 0) is 0 Å². The molecule has 20 heavy (non-hydrogen) atoms. The van der Waals surface area contributed by atoms with Gasteiger partial charge < -0.3 is 10.2 Å². The fraction of sp³-hybridized carbons (Fsp3) is 0.867. The molecule has 0 spiro atoms. The monoisotopic (exact) mass is 279 g/mol. The van der Waals surface area contributed by atoms with E-state index in [0.717, 1.165) is 43.9 Å². The summed E-state index contributed by atoms with van der Waals surface area (Å²) in [6.07, 6.45) is 2.47. The number of piperidine rings is 1. The maximum absolute atomic E-state index is 4.69. The average Bonchev–Trinajstić information content (AvgIpc) is 2.94. The highest BCUT2D eigenvalue weighted by Gasteiger charge is 2.22. The zero-order valence-corrected chi connectivity index (χ0v) is 13.3. The van der Waals surface area contributed by atoms with Crippen molar-refractivity contribution >= 4 is 5.95 Å². The predicted octanol–water partition coefficient (Wildman–Crippen LogP) is 2.39. The van der Waals surface area contributed by atoms with Gasteiger partial charge in [0, 0.05) is 19.0 Å². The minimum Gasteiger partial charge on any atom is -0.340 e. The molecule has 0 aliphatic carbocycles. The zero-order valence-electron chi connectivity index (χ0n) is 13.3. The second kappa shape index (κ2) is 7.07. The van der Waals surface area contributed by atoms with Gasteiger partial charge in [0.15, 0.2) is 0 Å². The summed E-state index contributed by atoms with van der Waals surface area (Å²) in [7, 11) is 0. The van der Waals surface area contributed by atoms with E-state index in [-0.39, 0.29) is 0 Å². The van der Waals surface area contributed by atoms with Gasteiger partial charge in [0.1, 0.15) is 5.82 Å². The maximum Gasteiger partial charge on any atom is 0.244 e. The van der Waals surface area contributed by atoms with Crippen LogP contribution in [0.15, 0.2) is 0 Å². The first-order valence-corrected chi connectivity index (χ1v) is 7.99. The lowest BCUT2D eigenvalue weighted by molar-refractivity contribution is 0.384. The Kier molecular flexibility index (Phi) is 5.40. The molecule has 0 radical (unpaired) electrons. The Labute approximate surface area is 122 Å². The third-order valence-corrected chi connectivity index (χ3v) is 4.50. The molecule has 1 saturated heterocycles. The molecule has 0 aromatic carbocycles. The van der Waals surface area contributed by atoms with Crippen molar-refractivity contribution in [1.82, 2.24) is 20.5 Å². The molecule has 0 amide bonds. The predicted molar refractivity (Wildman–Crippen MR) is 83.1 cm³/mol. The molecule has 1 atom stereocenters. The summed E-state index contributed by atoms with van der Waals surface area (Å²) >= 11 is 0. The van der Waals surface area contributed by atoms with Crippen LogP contribution < -0.4 is 10.2 Å². The van der Waals surface area contributed by atoms with Gasteiger partial charge in [0.25, 0.3) is 0 Å². The number of hydrogen-bond acceptors (Lipinski definition) is 4. The van der Waals surface area contributed by atoms with E-state index in [1.54, 1.807) is 0 Å². The molecule has 1 fully saturated rings. The van der Waals surface area contributed by atoms with Crippen LogP contribution in [0, 0.1) is 11.8 Å². The van der Waals surface area contributed by atoms with Crippen LogP contribution >= 0.6 is 0 Å². The smallest absolute Gasteiger partial charge is 0.244 e. The number of rotatable bonds is 6. The van der Waals surface area contributed by atoms with E-state index < -0.39 is 0 Å². The SMILES string of the molecule is CCNCC1CCN(c2n[nH]c(C(C)C(C)C)n2)CC1. The maximum atomic E-state index is 4.69.